The highest BCUT2D eigenvalue weighted by Gasteiger charge is 2.24. The first-order chi connectivity index (χ1) is 17.1. The molecule has 0 bridgehead atoms. The number of hydrogen-bond acceptors (Lipinski definition) is 5. The monoisotopic (exact) mass is 489 g/mol. The summed E-state index contributed by atoms with van der Waals surface area (Å²) in [5, 5.41) is 10.8. The van der Waals surface area contributed by atoms with Crippen LogP contribution in [0.2, 0.25) is 0 Å². The normalized spacial score (nSPS) is 12.6. The largest absolute Gasteiger partial charge is 0.493 e. The van der Waals surface area contributed by atoms with E-state index in [1.54, 1.807) is 46.9 Å². The number of esters is 1. The number of aromatic nitrogens is 1. The van der Waals surface area contributed by atoms with Gasteiger partial charge in [-0.25, -0.2) is 4.39 Å². The Morgan fingerprint density at radius 1 is 1.14 bits per heavy atom. The molecule has 0 saturated carbocycles. The van der Waals surface area contributed by atoms with Crippen molar-refractivity contribution in [3.8, 4) is 16.9 Å². The van der Waals surface area contributed by atoms with Crippen LogP contribution in [0.15, 0.2) is 48.7 Å². The van der Waals surface area contributed by atoms with Crippen molar-refractivity contribution in [1.29, 1.82) is 0 Å². The molecule has 0 fully saturated rings. The van der Waals surface area contributed by atoms with Crippen LogP contribution >= 0.6 is 0 Å². The first-order valence-electron chi connectivity index (χ1n) is 12.2. The average Bonchev–Trinajstić information content (AvgIpc) is 2.83. The van der Waals surface area contributed by atoms with Crippen LogP contribution in [0.1, 0.15) is 44.4 Å². The van der Waals surface area contributed by atoms with Gasteiger partial charge in [-0.1, -0.05) is 24.3 Å². The minimum atomic E-state index is -0.500. The molecule has 0 aliphatic carbocycles. The van der Waals surface area contributed by atoms with Gasteiger partial charge in [-0.3, -0.25) is 9.78 Å². The molecule has 1 N–H and O–H groups in total. The van der Waals surface area contributed by atoms with E-state index in [0.29, 0.717) is 23.1 Å². The molecule has 5 nitrogen and oxygen atoms in total. The first-order valence-corrected chi connectivity index (χ1v) is 12.2. The van der Waals surface area contributed by atoms with Gasteiger partial charge >= 0.3 is 5.97 Å². The zero-order valence-electron chi connectivity index (χ0n) is 21.4. The second-order valence-electron chi connectivity index (χ2n) is 9.89. The summed E-state index contributed by atoms with van der Waals surface area (Å²) in [6, 6.07) is 13.3. The van der Waals surface area contributed by atoms with Crippen molar-refractivity contribution in [3.05, 3.63) is 71.2 Å². The summed E-state index contributed by atoms with van der Waals surface area (Å²) in [6.45, 7) is 9.64. The third kappa shape index (κ3) is 5.19. The number of carbonyl (C=O) groups excluding carboxylic acids is 1. The zero-order valence-corrected chi connectivity index (χ0v) is 21.4. The molecule has 36 heavy (non-hydrogen) atoms. The lowest BCUT2D eigenvalue weighted by molar-refractivity contribution is -0.142. The van der Waals surface area contributed by atoms with Crippen LogP contribution in [-0.4, -0.2) is 34.9 Å². The van der Waals surface area contributed by atoms with Gasteiger partial charge in [0.15, 0.2) is 0 Å². The number of benzene rings is 3. The quantitative estimate of drug-likeness (QED) is 0.340. The van der Waals surface area contributed by atoms with Crippen LogP contribution in [0.5, 0.6) is 5.75 Å². The Bertz CT molecular complexity index is 1420. The Morgan fingerprint density at radius 2 is 1.83 bits per heavy atom. The zero-order chi connectivity index (χ0) is 26.0. The van der Waals surface area contributed by atoms with E-state index >= 15 is 4.39 Å². The lowest BCUT2D eigenvalue weighted by atomic mass is 9.86. The number of nitrogens with zero attached hydrogens (tertiary/aromatic N) is 1. The van der Waals surface area contributed by atoms with E-state index in [1.807, 2.05) is 36.4 Å². The molecule has 4 aromatic rings. The molecule has 188 valence electrons. The van der Waals surface area contributed by atoms with Crippen molar-refractivity contribution >= 4 is 27.6 Å². The molecule has 1 aliphatic heterocycles. The molecule has 5 rings (SSSR count). The summed E-state index contributed by atoms with van der Waals surface area (Å²) >= 11 is 0. The predicted octanol–water partition coefficient (Wildman–Crippen LogP) is 6.32. The maximum Gasteiger partial charge on any atom is 0.310 e. The molecule has 0 atom stereocenters. The van der Waals surface area contributed by atoms with Crippen molar-refractivity contribution in [2.24, 2.45) is 0 Å². The summed E-state index contributed by atoms with van der Waals surface area (Å²) in [4.78, 5) is 17.1. The number of ether oxygens (including phenoxy) is 2. The molecule has 0 amide bonds. The van der Waals surface area contributed by atoms with Crippen LogP contribution in [0.4, 0.5) is 4.39 Å². The van der Waals surface area contributed by atoms with E-state index in [9.17, 15) is 4.79 Å². The molecule has 2 heterocycles. The summed E-state index contributed by atoms with van der Waals surface area (Å²) in [5.74, 6) is 0.126. The molecule has 0 unspecified atom stereocenters. The minimum absolute atomic E-state index is 0.00377. The average molecular weight is 490 g/mol. The van der Waals surface area contributed by atoms with Crippen LogP contribution in [0.25, 0.3) is 32.8 Å². The lowest BCUT2D eigenvalue weighted by Crippen LogP contribution is -2.12. The van der Waals surface area contributed by atoms with Gasteiger partial charge in [0, 0.05) is 29.0 Å². The summed E-state index contributed by atoms with van der Waals surface area (Å²) < 4.78 is 26.4. The van der Waals surface area contributed by atoms with Crippen molar-refractivity contribution in [3.63, 3.8) is 0 Å². The lowest BCUT2D eigenvalue weighted by Gasteiger charge is -2.22. The maximum atomic E-state index is 15.3. The van der Waals surface area contributed by atoms with Gasteiger partial charge in [-0.2, -0.15) is 0 Å². The Hall–Kier alpha value is -3.51. The van der Waals surface area contributed by atoms with Crippen molar-refractivity contribution in [1.82, 2.24) is 4.98 Å². The van der Waals surface area contributed by atoms with Gasteiger partial charge < -0.3 is 14.6 Å². The number of hydrogen-bond donors (Lipinski definition) is 1. The van der Waals surface area contributed by atoms with Crippen LogP contribution in [0, 0.1) is 12.7 Å². The molecule has 1 aliphatic rings. The van der Waals surface area contributed by atoms with E-state index in [4.69, 9.17) is 14.6 Å². The molecule has 1 aromatic heterocycles. The van der Waals surface area contributed by atoms with Gasteiger partial charge in [-0.15, -0.1) is 0 Å². The van der Waals surface area contributed by atoms with Crippen molar-refractivity contribution in [2.45, 2.75) is 53.1 Å². The van der Waals surface area contributed by atoms with Crippen LogP contribution < -0.4 is 4.74 Å². The van der Waals surface area contributed by atoms with E-state index in [2.05, 4.69) is 4.98 Å². The standard InChI is InChI=1S/C26H22FNO3.C4H10O/c1-3-30-22(29)14-20-15(2)25(27)18-7-5-4-6-17(18)24(20)19-8-9-21-23-16(11-13-31-21)10-12-28-26(19)23;1-4(2,3)5/h4-10,12H,3,11,13-14H2,1-2H3;5H,1-3H3. The Balaban J connectivity index is 0.000000556. The second kappa shape index (κ2) is 10.2. The fraction of sp³-hybridized carbons (Fsp3) is 0.333. The Morgan fingerprint density at radius 3 is 2.53 bits per heavy atom. The SMILES string of the molecule is CC(C)(C)O.CCOC(=O)Cc1c(C)c(F)c2ccccc2c1-c1ccc2c3c(ccnc13)CCO2. The highest BCUT2D eigenvalue weighted by Crippen LogP contribution is 2.43. The second-order valence-corrected chi connectivity index (χ2v) is 9.89. The number of rotatable bonds is 4. The van der Waals surface area contributed by atoms with Crippen molar-refractivity contribution < 1.29 is 23.8 Å². The topological polar surface area (TPSA) is 68.7 Å². The predicted molar refractivity (Wildman–Crippen MR) is 141 cm³/mol. The van der Waals surface area contributed by atoms with Gasteiger partial charge in [0.05, 0.1) is 30.8 Å². The van der Waals surface area contributed by atoms with E-state index in [-0.39, 0.29) is 24.8 Å². The minimum Gasteiger partial charge on any atom is -0.493 e. The number of pyridine rings is 1. The number of aliphatic hydroxyl groups is 1. The fourth-order valence-corrected chi connectivity index (χ4v) is 4.57. The molecular formula is C30H32FNO4. The molecule has 3 aromatic carbocycles. The molecular weight excluding hydrogens is 457 g/mol. The van der Waals surface area contributed by atoms with Gasteiger partial charge in [0.25, 0.3) is 0 Å². The Labute approximate surface area is 210 Å². The smallest absolute Gasteiger partial charge is 0.310 e. The van der Waals surface area contributed by atoms with E-state index < -0.39 is 5.60 Å². The summed E-state index contributed by atoms with van der Waals surface area (Å²) in [6.07, 6.45) is 2.62. The highest BCUT2D eigenvalue weighted by atomic mass is 19.1. The number of halogens is 1. The maximum absolute atomic E-state index is 15.3. The first kappa shape index (κ1) is 25.6. The van der Waals surface area contributed by atoms with Gasteiger partial charge in [0.2, 0.25) is 0 Å². The number of fused-ring (bicyclic) bond motifs is 1. The van der Waals surface area contributed by atoms with Crippen LogP contribution in [-0.2, 0) is 22.4 Å². The van der Waals surface area contributed by atoms with E-state index in [1.165, 1.54) is 5.56 Å². The Kier molecular flexibility index (Phi) is 7.27. The highest BCUT2D eigenvalue weighted by molar-refractivity contribution is 6.08. The fourth-order valence-electron chi connectivity index (χ4n) is 4.57. The molecule has 6 heteroatoms. The van der Waals surface area contributed by atoms with Crippen molar-refractivity contribution in [2.75, 3.05) is 13.2 Å². The molecule has 0 spiro atoms. The molecule has 0 saturated heterocycles. The summed E-state index contributed by atoms with van der Waals surface area (Å²) in [5.41, 5.74) is 4.26. The van der Waals surface area contributed by atoms with Gasteiger partial charge in [0.1, 0.15) is 11.6 Å². The third-order valence-corrected chi connectivity index (χ3v) is 5.98. The van der Waals surface area contributed by atoms with E-state index in [0.717, 1.165) is 39.6 Å². The number of carbonyl (C=O) groups is 1. The van der Waals surface area contributed by atoms with Crippen LogP contribution in [0.3, 0.4) is 0 Å². The third-order valence-electron chi connectivity index (χ3n) is 5.98. The van der Waals surface area contributed by atoms with Gasteiger partial charge in [-0.05, 0) is 80.5 Å². The molecule has 0 radical (unpaired) electrons. The summed E-state index contributed by atoms with van der Waals surface area (Å²) in [7, 11) is 0.